The van der Waals surface area contributed by atoms with Crippen LogP contribution in [0.5, 0.6) is 0 Å². The average Bonchev–Trinajstić information content (AvgIpc) is 3.00. The summed E-state index contributed by atoms with van der Waals surface area (Å²) < 4.78 is 1.76. The lowest BCUT2D eigenvalue weighted by molar-refractivity contribution is 0.111. The van der Waals surface area contributed by atoms with Gasteiger partial charge in [-0.25, -0.2) is 4.98 Å². The maximum absolute atomic E-state index is 11.1. The minimum atomic E-state index is 0.437. The molecule has 0 N–H and O–H groups in total. The number of nitrogens with zero attached hydrogens (tertiary/aromatic N) is 4. The van der Waals surface area contributed by atoms with Gasteiger partial charge in [-0.2, -0.15) is 4.68 Å². The molecule has 0 aliphatic heterocycles. The molecule has 0 spiro atoms. The zero-order valence-electron chi connectivity index (χ0n) is 11.8. The van der Waals surface area contributed by atoms with E-state index in [-0.39, 0.29) is 0 Å². The van der Waals surface area contributed by atoms with Crippen LogP contribution in [-0.4, -0.2) is 26.3 Å². The number of rotatable bonds is 4. The van der Waals surface area contributed by atoms with Crippen LogP contribution >= 0.6 is 11.3 Å². The van der Waals surface area contributed by atoms with Gasteiger partial charge in [-0.15, -0.1) is 5.10 Å². The first-order chi connectivity index (χ1) is 9.69. The van der Waals surface area contributed by atoms with Crippen molar-refractivity contribution in [2.24, 2.45) is 5.92 Å². The fourth-order valence-electron chi connectivity index (χ4n) is 2.57. The number of hydrogen-bond donors (Lipinski definition) is 0. The van der Waals surface area contributed by atoms with E-state index in [0.717, 1.165) is 36.4 Å². The molecule has 2 aromatic heterocycles. The third-order valence-corrected chi connectivity index (χ3v) is 4.65. The van der Waals surface area contributed by atoms with Gasteiger partial charge in [0.05, 0.1) is 11.4 Å². The van der Waals surface area contributed by atoms with Crippen molar-refractivity contribution in [2.45, 2.75) is 46.0 Å². The van der Waals surface area contributed by atoms with Crippen molar-refractivity contribution in [1.82, 2.24) is 20.0 Å². The van der Waals surface area contributed by atoms with Gasteiger partial charge in [0.25, 0.3) is 0 Å². The van der Waals surface area contributed by atoms with Crippen molar-refractivity contribution in [3.05, 3.63) is 22.0 Å². The van der Waals surface area contributed by atoms with Crippen molar-refractivity contribution < 1.29 is 4.79 Å². The summed E-state index contributed by atoms with van der Waals surface area (Å²) in [6, 6.07) is 0. The number of hydrogen-bond acceptors (Lipinski definition) is 5. The minimum absolute atomic E-state index is 0.437. The predicted molar refractivity (Wildman–Crippen MR) is 77.6 cm³/mol. The second-order valence-electron chi connectivity index (χ2n) is 5.62. The molecule has 0 saturated carbocycles. The first-order valence-electron chi connectivity index (χ1n) is 7.07. The molecule has 0 atom stereocenters. The van der Waals surface area contributed by atoms with E-state index >= 15 is 0 Å². The Balaban J connectivity index is 2.02. The summed E-state index contributed by atoms with van der Waals surface area (Å²) in [5, 5.41) is 8.97. The molecule has 5 nitrogen and oxygen atoms in total. The van der Waals surface area contributed by atoms with E-state index in [1.807, 2.05) is 0 Å². The number of aldehydes is 1. The fourth-order valence-corrected chi connectivity index (χ4v) is 3.69. The Hall–Kier alpha value is -1.56. The largest absolute Gasteiger partial charge is 0.296 e. The van der Waals surface area contributed by atoms with Gasteiger partial charge < -0.3 is 0 Å². The maximum atomic E-state index is 11.1. The molecule has 2 aromatic rings. The highest BCUT2D eigenvalue weighted by molar-refractivity contribution is 7.14. The summed E-state index contributed by atoms with van der Waals surface area (Å²) in [7, 11) is 0. The highest BCUT2D eigenvalue weighted by Gasteiger charge is 2.21. The van der Waals surface area contributed by atoms with Gasteiger partial charge >= 0.3 is 0 Å². The van der Waals surface area contributed by atoms with Gasteiger partial charge in [0.15, 0.2) is 6.29 Å². The molecule has 0 amide bonds. The molecule has 2 heterocycles. The molecule has 1 aliphatic rings. The van der Waals surface area contributed by atoms with Crippen LogP contribution < -0.4 is 0 Å². The number of fused-ring (bicyclic) bond motifs is 1. The Morgan fingerprint density at radius 3 is 2.85 bits per heavy atom. The monoisotopic (exact) mass is 290 g/mol. The number of thiazole rings is 1. The van der Waals surface area contributed by atoms with Crippen LogP contribution in [0.15, 0.2) is 0 Å². The molecule has 6 heteroatoms. The third-order valence-electron chi connectivity index (χ3n) is 3.52. The number of aryl methyl sites for hydroxylation is 2. The summed E-state index contributed by atoms with van der Waals surface area (Å²) in [6.45, 7) is 4.25. The molecule has 20 heavy (non-hydrogen) atoms. The number of aromatic nitrogens is 4. The molecule has 0 unspecified atom stereocenters. The molecular formula is C14H18N4OS. The minimum Gasteiger partial charge on any atom is -0.296 e. The van der Waals surface area contributed by atoms with Gasteiger partial charge in [-0.3, -0.25) is 4.79 Å². The van der Waals surface area contributed by atoms with Gasteiger partial charge in [0.2, 0.25) is 5.13 Å². The SMILES string of the molecule is CC(C)Cc1c(C=O)nnn1-c1nc2c(s1)CCCC2. The van der Waals surface area contributed by atoms with Crippen molar-refractivity contribution in [2.75, 3.05) is 0 Å². The van der Waals surface area contributed by atoms with Crippen LogP contribution in [0.3, 0.4) is 0 Å². The Morgan fingerprint density at radius 1 is 1.35 bits per heavy atom. The normalized spacial score (nSPS) is 14.6. The lowest BCUT2D eigenvalue weighted by atomic mass is 10.0. The van der Waals surface area contributed by atoms with Crippen molar-refractivity contribution in [3.63, 3.8) is 0 Å². The Labute approximate surface area is 122 Å². The van der Waals surface area contributed by atoms with E-state index in [0.29, 0.717) is 11.6 Å². The topological polar surface area (TPSA) is 60.7 Å². The van der Waals surface area contributed by atoms with Gasteiger partial charge in [0.1, 0.15) is 5.69 Å². The highest BCUT2D eigenvalue weighted by Crippen LogP contribution is 2.29. The van der Waals surface area contributed by atoms with Crippen LogP contribution in [0.1, 0.15) is 53.4 Å². The first-order valence-corrected chi connectivity index (χ1v) is 7.89. The molecular weight excluding hydrogens is 272 g/mol. The number of carbonyl (C=O) groups is 1. The molecule has 0 radical (unpaired) electrons. The van der Waals surface area contributed by atoms with E-state index in [2.05, 4.69) is 24.2 Å². The van der Waals surface area contributed by atoms with Crippen LogP contribution in [0.4, 0.5) is 0 Å². The van der Waals surface area contributed by atoms with Gasteiger partial charge in [0, 0.05) is 4.88 Å². The third kappa shape index (κ3) is 2.40. The van der Waals surface area contributed by atoms with Crippen LogP contribution in [0.25, 0.3) is 5.13 Å². The summed E-state index contributed by atoms with van der Waals surface area (Å²) in [5.41, 5.74) is 2.52. The molecule has 0 saturated heterocycles. The summed E-state index contributed by atoms with van der Waals surface area (Å²) >= 11 is 1.69. The van der Waals surface area contributed by atoms with Gasteiger partial charge in [-0.1, -0.05) is 30.4 Å². The van der Waals surface area contributed by atoms with E-state index < -0.39 is 0 Å². The van der Waals surface area contributed by atoms with E-state index in [9.17, 15) is 4.79 Å². The predicted octanol–water partition coefficient (Wildman–Crippen LogP) is 2.61. The molecule has 0 aromatic carbocycles. The summed E-state index contributed by atoms with van der Waals surface area (Å²) in [4.78, 5) is 17.2. The molecule has 106 valence electrons. The Kier molecular flexibility index (Phi) is 3.65. The Morgan fingerprint density at radius 2 is 2.15 bits per heavy atom. The standard InChI is InChI=1S/C14H18N4OS/c1-9(2)7-12-11(8-19)16-17-18(12)14-15-10-5-3-4-6-13(10)20-14/h8-9H,3-7H2,1-2H3. The van der Waals surface area contributed by atoms with Gasteiger partial charge in [-0.05, 0) is 38.0 Å². The lowest BCUT2D eigenvalue weighted by Crippen LogP contribution is -2.07. The maximum Gasteiger partial charge on any atom is 0.212 e. The smallest absolute Gasteiger partial charge is 0.212 e. The highest BCUT2D eigenvalue weighted by atomic mass is 32.1. The quantitative estimate of drug-likeness (QED) is 0.812. The molecule has 0 fully saturated rings. The zero-order valence-corrected chi connectivity index (χ0v) is 12.6. The number of carbonyl (C=O) groups excluding carboxylic acids is 1. The van der Waals surface area contributed by atoms with Crippen LogP contribution in [0, 0.1) is 5.92 Å². The lowest BCUT2D eigenvalue weighted by Gasteiger charge is -2.06. The average molecular weight is 290 g/mol. The van der Waals surface area contributed by atoms with Crippen LogP contribution in [0.2, 0.25) is 0 Å². The van der Waals surface area contributed by atoms with Crippen molar-refractivity contribution >= 4 is 17.6 Å². The van der Waals surface area contributed by atoms with Crippen molar-refractivity contribution in [1.29, 1.82) is 0 Å². The van der Waals surface area contributed by atoms with Crippen LogP contribution in [-0.2, 0) is 19.3 Å². The van der Waals surface area contributed by atoms with E-state index in [1.165, 1.54) is 23.4 Å². The molecule has 3 rings (SSSR count). The summed E-state index contributed by atoms with van der Waals surface area (Å²) in [6.07, 6.45) is 6.19. The fraction of sp³-hybridized carbons (Fsp3) is 0.571. The van der Waals surface area contributed by atoms with E-state index in [4.69, 9.17) is 4.98 Å². The first kappa shape index (κ1) is 13.4. The van der Waals surface area contributed by atoms with Crippen molar-refractivity contribution in [3.8, 4) is 5.13 Å². The Bertz CT molecular complexity index is 606. The second-order valence-corrected chi connectivity index (χ2v) is 6.68. The van der Waals surface area contributed by atoms with E-state index in [1.54, 1.807) is 16.0 Å². The zero-order chi connectivity index (χ0) is 14.1. The second kappa shape index (κ2) is 5.44. The molecule has 1 aliphatic carbocycles. The molecule has 0 bridgehead atoms. The summed E-state index contributed by atoms with van der Waals surface area (Å²) in [5.74, 6) is 0.445.